The van der Waals surface area contributed by atoms with Crippen molar-refractivity contribution in [1.82, 2.24) is 0 Å². The van der Waals surface area contributed by atoms with Crippen molar-refractivity contribution in [2.45, 2.75) is 38.5 Å². The highest BCUT2D eigenvalue weighted by Gasteiger charge is 2.50. The number of rotatable bonds is 4. The Kier molecular flexibility index (Phi) is 3.32. The van der Waals surface area contributed by atoms with Crippen molar-refractivity contribution in [3.05, 3.63) is 64.7 Å². The van der Waals surface area contributed by atoms with Crippen molar-refractivity contribution in [2.24, 2.45) is 0 Å². The molecule has 1 fully saturated rings. The van der Waals surface area contributed by atoms with Crippen LogP contribution in [-0.4, -0.2) is 5.78 Å². The van der Waals surface area contributed by atoms with Crippen LogP contribution in [0.5, 0.6) is 0 Å². The number of carbonyl (C=O) groups excluding carboxylic acids is 1. The van der Waals surface area contributed by atoms with E-state index < -0.39 is 0 Å². The van der Waals surface area contributed by atoms with Crippen molar-refractivity contribution in [2.75, 3.05) is 5.73 Å². The molecular formula is C19H21NO. The fourth-order valence-electron chi connectivity index (χ4n) is 3.11. The summed E-state index contributed by atoms with van der Waals surface area (Å²) in [6, 6.07) is 14.0. The molecule has 0 spiro atoms. The summed E-state index contributed by atoms with van der Waals surface area (Å²) in [4.78, 5) is 12.9. The molecule has 1 saturated carbocycles. The summed E-state index contributed by atoms with van der Waals surface area (Å²) in [7, 11) is 0. The number of hydrogen-bond acceptors (Lipinski definition) is 2. The Balaban J connectivity index is 1.87. The van der Waals surface area contributed by atoms with Gasteiger partial charge in [-0.05, 0) is 61.1 Å². The third-order valence-electron chi connectivity index (χ3n) is 4.73. The van der Waals surface area contributed by atoms with Gasteiger partial charge >= 0.3 is 0 Å². The summed E-state index contributed by atoms with van der Waals surface area (Å²) in [6.45, 7) is 4.16. The van der Waals surface area contributed by atoms with Gasteiger partial charge in [0.1, 0.15) is 5.78 Å². The first-order valence-corrected chi connectivity index (χ1v) is 7.47. The van der Waals surface area contributed by atoms with Crippen molar-refractivity contribution >= 4 is 11.5 Å². The number of ketones is 1. The molecule has 2 nitrogen and oxygen atoms in total. The van der Waals surface area contributed by atoms with Crippen LogP contribution >= 0.6 is 0 Å². The highest BCUT2D eigenvalue weighted by atomic mass is 16.1. The third-order valence-corrected chi connectivity index (χ3v) is 4.73. The second kappa shape index (κ2) is 5.03. The fraction of sp³-hybridized carbons (Fsp3) is 0.316. The second-order valence-electron chi connectivity index (χ2n) is 6.17. The topological polar surface area (TPSA) is 43.1 Å². The first-order valence-electron chi connectivity index (χ1n) is 7.47. The van der Waals surface area contributed by atoms with E-state index in [1.165, 1.54) is 16.7 Å². The molecule has 0 amide bonds. The largest absolute Gasteiger partial charge is 0.399 e. The van der Waals surface area contributed by atoms with Crippen molar-refractivity contribution < 1.29 is 4.79 Å². The normalized spacial score (nSPS) is 15.7. The van der Waals surface area contributed by atoms with Gasteiger partial charge < -0.3 is 5.73 Å². The van der Waals surface area contributed by atoms with E-state index in [-0.39, 0.29) is 5.41 Å². The number of aryl methyl sites for hydroxylation is 2. The zero-order valence-corrected chi connectivity index (χ0v) is 12.6. The zero-order chi connectivity index (χ0) is 15.0. The lowest BCUT2D eigenvalue weighted by atomic mass is 9.86. The van der Waals surface area contributed by atoms with Gasteiger partial charge in [-0.3, -0.25) is 4.79 Å². The highest BCUT2D eigenvalue weighted by Crippen LogP contribution is 2.49. The standard InChI is InChI=1S/C19H21NO/c1-13-4-3-5-14(2)17(13)12-18(21)19(10-11-19)15-6-8-16(20)9-7-15/h3-9H,10-12,20H2,1-2H3. The number of nitrogens with two attached hydrogens (primary N) is 1. The molecule has 0 radical (unpaired) electrons. The van der Waals surface area contributed by atoms with Crippen LogP contribution < -0.4 is 5.73 Å². The van der Waals surface area contributed by atoms with Gasteiger partial charge in [-0.1, -0.05) is 30.3 Å². The smallest absolute Gasteiger partial charge is 0.147 e. The molecule has 108 valence electrons. The van der Waals surface area contributed by atoms with Gasteiger partial charge in [-0.2, -0.15) is 0 Å². The van der Waals surface area contributed by atoms with Crippen LogP contribution in [0.2, 0.25) is 0 Å². The molecule has 3 rings (SSSR count). The lowest BCUT2D eigenvalue weighted by Gasteiger charge is -2.17. The summed E-state index contributed by atoms with van der Waals surface area (Å²) in [5.74, 6) is 0.338. The number of benzene rings is 2. The van der Waals surface area contributed by atoms with E-state index in [0.29, 0.717) is 12.2 Å². The molecule has 21 heavy (non-hydrogen) atoms. The molecule has 2 aromatic rings. The Morgan fingerprint density at radius 1 is 1.05 bits per heavy atom. The van der Waals surface area contributed by atoms with Gasteiger partial charge in [0, 0.05) is 12.1 Å². The summed E-state index contributed by atoms with van der Waals surface area (Å²) in [5.41, 5.74) is 10.9. The van der Waals surface area contributed by atoms with Crippen LogP contribution in [0.25, 0.3) is 0 Å². The average Bonchev–Trinajstić information content (AvgIpc) is 3.25. The minimum Gasteiger partial charge on any atom is -0.399 e. The molecule has 0 saturated heterocycles. The molecule has 0 bridgehead atoms. The maximum Gasteiger partial charge on any atom is 0.147 e. The molecule has 0 aromatic heterocycles. The van der Waals surface area contributed by atoms with Crippen LogP contribution in [-0.2, 0) is 16.6 Å². The van der Waals surface area contributed by atoms with Gasteiger partial charge in [-0.15, -0.1) is 0 Å². The van der Waals surface area contributed by atoms with Crippen LogP contribution in [0.4, 0.5) is 5.69 Å². The Labute approximate surface area is 126 Å². The van der Waals surface area contributed by atoms with Gasteiger partial charge in [0.05, 0.1) is 5.41 Å². The van der Waals surface area contributed by atoms with E-state index in [1.54, 1.807) is 0 Å². The Morgan fingerprint density at radius 2 is 1.62 bits per heavy atom. The number of Topliss-reactive ketones (excluding diaryl/α,β-unsaturated/α-hetero) is 1. The zero-order valence-electron chi connectivity index (χ0n) is 12.6. The summed E-state index contributed by atoms with van der Waals surface area (Å²) in [5, 5.41) is 0. The van der Waals surface area contributed by atoms with Crippen LogP contribution in [0, 0.1) is 13.8 Å². The van der Waals surface area contributed by atoms with Gasteiger partial charge in [0.15, 0.2) is 0 Å². The predicted octanol–water partition coefficient (Wildman–Crippen LogP) is 3.73. The SMILES string of the molecule is Cc1cccc(C)c1CC(=O)C1(c2ccc(N)cc2)CC1. The molecule has 1 aliphatic carbocycles. The monoisotopic (exact) mass is 279 g/mol. The molecule has 0 atom stereocenters. The van der Waals surface area contributed by atoms with E-state index in [4.69, 9.17) is 5.73 Å². The molecule has 0 unspecified atom stereocenters. The van der Waals surface area contributed by atoms with Crippen LogP contribution in [0.1, 0.15) is 35.1 Å². The quantitative estimate of drug-likeness (QED) is 0.867. The Hall–Kier alpha value is -2.09. The van der Waals surface area contributed by atoms with E-state index in [2.05, 4.69) is 26.0 Å². The molecule has 0 aliphatic heterocycles. The third kappa shape index (κ3) is 2.46. The Bertz CT molecular complexity index is 661. The first kappa shape index (κ1) is 13.9. The van der Waals surface area contributed by atoms with Crippen LogP contribution in [0.3, 0.4) is 0 Å². The number of anilines is 1. The van der Waals surface area contributed by atoms with Crippen molar-refractivity contribution in [3.8, 4) is 0 Å². The van der Waals surface area contributed by atoms with Gasteiger partial charge in [0.25, 0.3) is 0 Å². The Morgan fingerprint density at radius 3 is 2.14 bits per heavy atom. The lowest BCUT2D eigenvalue weighted by molar-refractivity contribution is -0.120. The fourth-order valence-corrected chi connectivity index (χ4v) is 3.11. The molecule has 1 aliphatic rings. The highest BCUT2D eigenvalue weighted by molar-refractivity contribution is 5.95. The summed E-state index contributed by atoms with van der Waals surface area (Å²) >= 11 is 0. The molecule has 2 N–H and O–H groups in total. The minimum absolute atomic E-state index is 0.261. The van der Waals surface area contributed by atoms with Crippen molar-refractivity contribution in [1.29, 1.82) is 0 Å². The lowest BCUT2D eigenvalue weighted by Crippen LogP contribution is -2.23. The molecule has 2 aromatic carbocycles. The van der Waals surface area contributed by atoms with E-state index in [9.17, 15) is 4.79 Å². The maximum atomic E-state index is 12.9. The summed E-state index contributed by atoms with van der Waals surface area (Å²) in [6.07, 6.45) is 2.45. The molecular weight excluding hydrogens is 258 g/mol. The number of hydrogen-bond donors (Lipinski definition) is 1. The predicted molar refractivity (Wildman–Crippen MR) is 86.4 cm³/mol. The first-order chi connectivity index (χ1) is 10.0. The van der Waals surface area contributed by atoms with E-state index >= 15 is 0 Å². The van der Waals surface area contributed by atoms with E-state index in [0.717, 1.165) is 24.1 Å². The minimum atomic E-state index is -0.261. The van der Waals surface area contributed by atoms with Gasteiger partial charge in [0.2, 0.25) is 0 Å². The number of nitrogen functional groups attached to an aromatic ring is 1. The number of carbonyl (C=O) groups is 1. The summed E-state index contributed by atoms with van der Waals surface area (Å²) < 4.78 is 0. The molecule has 2 heteroatoms. The van der Waals surface area contributed by atoms with E-state index in [1.807, 2.05) is 30.3 Å². The maximum absolute atomic E-state index is 12.9. The second-order valence-corrected chi connectivity index (χ2v) is 6.17. The molecule has 0 heterocycles. The van der Waals surface area contributed by atoms with Crippen LogP contribution in [0.15, 0.2) is 42.5 Å². The van der Waals surface area contributed by atoms with Gasteiger partial charge in [-0.25, -0.2) is 0 Å². The average molecular weight is 279 g/mol. The van der Waals surface area contributed by atoms with Crippen molar-refractivity contribution in [3.63, 3.8) is 0 Å².